The molecule has 1 aliphatic rings. The van der Waals surface area contributed by atoms with Crippen LogP contribution < -0.4 is 20.5 Å². The van der Waals surface area contributed by atoms with E-state index in [-0.39, 0.29) is 17.6 Å². The Morgan fingerprint density at radius 2 is 1.88 bits per heavy atom. The quantitative estimate of drug-likeness (QED) is 0.509. The minimum atomic E-state index is -0.661. The third-order valence-electron chi connectivity index (χ3n) is 5.38. The molecule has 0 spiro atoms. The van der Waals surface area contributed by atoms with E-state index in [9.17, 15) is 9.59 Å². The Kier molecular flexibility index (Phi) is 6.72. The number of hydrogen-bond donors (Lipinski definition) is 2. The first-order chi connectivity index (χ1) is 15.2. The van der Waals surface area contributed by atoms with Gasteiger partial charge in [-0.2, -0.15) is 0 Å². The van der Waals surface area contributed by atoms with Crippen molar-refractivity contribution in [2.75, 3.05) is 19.2 Å². The van der Waals surface area contributed by atoms with Gasteiger partial charge in [0.15, 0.2) is 5.43 Å². The first-order valence-corrected chi connectivity index (χ1v) is 10.5. The molecule has 0 fully saturated rings. The minimum Gasteiger partial charge on any atom is -0.496 e. The molecular weight excluding hydrogens is 408 g/mol. The van der Waals surface area contributed by atoms with Crippen LogP contribution in [0.5, 0.6) is 5.75 Å². The molecule has 8 nitrogen and oxygen atoms in total. The highest BCUT2D eigenvalue weighted by Crippen LogP contribution is 2.37. The zero-order chi connectivity index (χ0) is 23.6. The van der Waals surface area contributed by atoms with Crippen LogP contribution in [0.2, 0.25) is 0 Å². The van der Waals surface area contributed by atoms with Gasteiger partial charge in [-0.05, 0) is 45.4 Å². The summed E-state index contributed by atoms with van der Waals surface area (Å²) in [5.74, 6) is -0.0655. The van der Waals surface area contributed by atoms with Gasteiger partial charge >= 0.3 is 5.97 Å². The van der Waals surface area contributed by atoms with Crippen LogP contribution in [0.4, 0.5) is 0 Å². The van der Waals surface area contributed by atoms with Gasteiger partial charge in [-0.3, -0.25) is 9.47 Å². The van der Waals surface area contributed by atoms with Gasteiger partial charge < -0.3 is 25.2 Å². The van der Waals surface area contributed by atoms with E-state index in [0.717, 1.165) is 16.7 Å². The first-order valence-electron chi connectivity index (χ1n) is 10.5. The average molecular weight is 439 g/mol. The molecule has 1 aliphatic heterocycles. The van der Waals surface area contributed by atoms with Gasteiger partial charge in [0.1, 0.15) is 11.3 Å². The van der Waals surface area contributed by atoms with Crippen molar-refractivity contribution < 1.29 is 14.3 Å². The number of allylic oxidation sites excluding steroid dienone is 1. The SMILES string of the molecule is COC(=O)c1cn2c(cc1=O)-c1cc(OC)c(/C(C=N)=C/NC(C)C)cc1CN2C(C)C. The molecular formula is C24H30N4O4. The van der Waals surface area contributed by atoms with Crippen molar-refractivity contribution in [3.63, 3.8) is 0 Å². The van der Waals surface area contributed by atoms with Crippen LogP contribution in [0.15, 0.2) is 35.4 Å². The molecule has 0 saturated carbocycles. The predicted octanol–water partition coefficient (Wildman–Crippen LogP) is 3.16. The van der Waals surface area contributed by atoms with E-state index in [2.05, 4.69) is 10.3 Å². The highest BCUT2D eigenvalue weighted by atomic mass is 16.5. The number of ether oxygens (including phenoxy) is 2. The van der Waals surface area contributed by atoms with Crippen LogP contribution >= 0.6 is 0 Å². The number of rotatable bonds is 7. The lowest BCUT2D eigenvalue weighted by Crippen LogP contribution is -2.44. The fourth-order valence-electron chi connectivity index (χ4n) is 3.72. The third kappa shape index (κ3) is 4.26. The van der Waals surface area contributed by atoms with Gasteiger partial charge in [0, 0.05) is 53.5 Å². The van der Waals surface area contributed by atoms with Crippen LogP contribution in [0.3, 0.4) is 0 Å². The van der Waals surface area contributed by atoms with Crippen LogP contribution in [-0.4, -0.2) is 43.2 Å². The topological polar surface area (TPSA) is 96.6 Å². The van der Waals surface area contributed by atoms with Gasteiger partial charge in [0.25, 0.3) is 0 Å². The normalized spacial score (nSPS) is 13.0. The van der Waals surface area contributed by atoms with E-state index in [0.29, 0.717) is 23.6 Å². The molecule has 0 amide bonds. The Balaban J connectivity index is 2.25. The number of pyridine rings is 1. The maximum Gasteiger partial charge on any atom is 0.343 e. The summed E-state index contributed by atoms with van der Waals surface area (Å²) in [4.78, 5) is 24.8. The van der Waals surface area contributed by atoms with Crippen LogP contribution in [-0.2, 0) is 11.3 Å². The number of hydrogen-bond acceptors (Lipinski definition) is 7. The monoisotopic (exact) mass is 438 g/mol. The number of esters is 1. The largest absolute Gasteiger partial charge is 0.496 e. The molecule has 8 heteroatoms. The van der Waals surface area contributed by atoms with E-state index in [1.54, 1.807) is 13.3 Å². The molecule has 0 unspecified atom stereocenters. The van der Waals surface area contributed by atoms with Crippen molar-refractivity contribution in [2.24, 2.45) is 0 Å². The lowest BCUT2D eigenvalue weighted by Gasteiger charge is -2.38. The zero-order valence-electron chi connectivity index (χ0n) is 19.4. The molecule has 1 aromatic carbocycles. The highest BCUT2D eigenvalue weighted by molar-refractivity contribution is 6.09. The lowest BCUT2D eigenvalue weighted by molar-refractivity contribution is 0.0598. The maximum atomic E-state index is 12.7. The van der Waals surface area contributed by atoms with Gasteiger partial charge in [-0.1, -0.05) is 0 Å². The summed E-state index contributed by atoms with van der Waals surface area (Å²) in [6, 6.07) is 5.68. The van der Waals surface area contributed by atoms with E-state index in [1.165, 1.54) is 19.4 Å². The average Bonchev–Trinajstić information content (AvgIpc) is 2.77. The number of carbonyl (C=O) groups is 1. The molecule has 0 aliphatic carbocycles. The molecule has 2 heterocycles. The summed E-state index contributed by atoms with van der Waals surface area (Å²) in [7, 11) is 2.84. The number of carbonyl (C=O) groups excluding carboxylic acids is 1. The molecule has 0 radical (unpaired) electrons. The Labute approximate surface area is 187 Å². The molecule has 0 saturated heterocycles. The first kappa shape index (κ1) is 23.1. The minimum absolute atomic E-state index is 0.0114. The molecule has 3 rings (SSSR count). The van der Waals surface area contributed by atoms with Crippen molar-refractivity contribution in [3.05, 3.63) is 57.5 Å². The third-order valence-corrected chi connectivity index (χ3v) is 5.38. The van der Waals surface area contributed by atoms with E-state index < -0.39 is 11.4 Å². The maximum absolute atomic E-state index is 12.7. The predicted molar refractivity (Wildman–Crippen MR) is 126 cm³/mol. The van der Waals surface area contributed by atoms with Gasteiger partial charge in [-0.25, -0.2) is 4.79 Å². The second kappa shape index (κ2) is 9.30. The Hall–Kier alpha value is -3.55. The number of benzene rings is 1. The number of methoxy groups -OCH3 is 2. The summed E-state index contributed by atoms with van der Waals surface area (Å²) in [5, 5.41) is 13.2. The smallest absolute Gasteiger partial charge is 0.343 e. The Morgan fingerprint density at radius 3 is 2.44 bits per heavy atom. The molecule has 170 valence electrons. The Bertz CT molecular complexity index is 1130. The number of fused-ring (bicyclic) bond motifs is 3. The highest BCUT2D eigenvalue weighted by Gasteiger charge is 2.27. The molecule has 2 aromatic rings. The van der Waals surface area contributed by atoms with Crippen LogP contribution in [0.25, 0.3) is 16.8 Å². The van der Waals surface area contributed by atoms with Crippen LogP contribution in [0.1, 0.15) is 49.2 Å². The van der Waals surface area contributed by atoms with Gasteiger partial charge in [0.2, 0.25) is 0 Å². The molecule has 32 heavy (non-hydrogen) atoms. The molecule has 1 aromatic heterocycles. The summed E-state index contributed by atoms with van der Waals surface area (Å²) < 4.78 is 12.3. The van der Waals surface area contributed by atoms with Crippen molar-refractivity contribution in [3.8, 4) is 17.0 Å². The number of aromatic nitrogens is 1. The molecule has 0 bridgehead atoms. The number of nitrogens with one attached hydrogen (secondary N) is 2. The standard InChI is InChI=1S/C24H30N4O4/c1-14(2)26-11-17(10-25)19-7-16-12-27(15(3)4)28-13-20(24(30)32-6)22(29)9-21(28)18(16)8-23(19)31-5/h7-11,13-15,25-26H,12H2,1-6H3/b17-11+,25-10?. The lowest BCUT2D eigenvalue weighted by atomic mass is 9.94. The van der Waals surface area contributed by atoms with Crippen molar-refractivity contribution >= 4 is 17.8 Å². The van der Waals surface area contributed by atoms with Crippen LogP contribution in [0, 0.1) is 5.41 Å². The van der Waals surface area contributed by atoms with Crippen molar-refractivity contribution in [1.82, 2.24) is 9.99 Å². The number of nitrogens with zero attached hydrogens (tertiary/aromatic N) is 2. The summed E-state index contributed by atoms with van der Waals surface area (Å²) >= 11 is 0. The van der Waals surface area contributed by atoms with E-state index in [1.807, 2.05) is 50.7 Å². The summed E-state index contributed by atoms with van der Waals surface area (Å²) in [6.45, 7) is 8.71. The fourth-order valence-corrected chi connectivity index (χ4v) is 3.72. The zero-order valence-corrected chi connectivity index (χ0v) is 19.4. The Morgan fingerprint density at radius 1 is 1.16 bits per heavy atom. The second-order valence-electron chi connectivity index (χ2n) is 8.24. The fraction of sp³-hybridized carbons (Fsp3) is 0.375. The van der Waals surface area contributed by atoms with Crippen molar-refractivity contribution in [1.29, 1.82) is 5.41 Å². The second-order valence-corrected chi connectivity index (χ2v) is 8.24. The van der Waals surface area contributed by atoms with E-state index in [4.69, 9.17) is 14.9 Å². The van der Waals surface area contributed by atoms with Gasteiger partial charge in [0.05, 0.1) is 26.5 Å². The molecule has 0 atom stereocenters. The van der Waals surface area contributed by atoms with Gasteiger partial charge in [-0.15, -0.1) is 0 Å². The van der Waals surface area contributed by atoms with Crippen molar-refractivity contribution in [2.45, 2.75) is 46.3 Å². The summed E-state index contributed by atoms with van der Waals surface area (Å²) in [5.41, 5.74) is 3.59. The molecule has 2 N–H and O–H groups in total. The van der Waals surface area contributed by atoms with E-state index >= 15 is 0 Å². The summed E-state index contributed by atoms with van der Waals surface area (Å²) in [6.07, 6.45) is 4.65.